The van der Waals surface area contributed by atoms with Gasteiger partial charge in [-0.2, -0.15) is 0 Å². The zero-order chi connectivity index (χ0) is 80.8. The molecule has 0 aromatic rings. The summed E-state index contributed by atoms with van der Waals surface area (Å²) in [7, 11) is -16.6. The molecule has 0 rings (SSSR count). The SMILES string of the molecule is COCC(C)CC(=O)NN.COCC(C)CC(=O)O.II(I)I(I)I(I)I(I)I(I)I(I)I(I)I(I)I(I)I(I)I(I)I(I)I(I)I(I)I(I)I(I)I(I)I(I)I(I)I.II(I)I(I)I(I)I(I)I(I)I(I)I(I)I(I)I(I)I(I)I(I)I(I)I(I)I(I)I(I)I(I)I(I)I(I)I(I)I(I)I. The summed E-state index contributed by atoms with van der Waals surface area (Å²) in [5.41, 5.74) is 2.06. The number of carbonyl (C=O) groups is 2. The van der Waals surface area contributed by atoms with Gasteiger partial charge in [0.2, 0.25) is 5.91 Å². The first-order valence-corrected chi connectivity index (χ1v) is 520. The van der Waals surface area contributed by atoms with Crippen molar-refractivity contribution in [3.63, 3.8) is 0 Å². The number of carbonyl (C=O) groups excluding carboxylic acids is 1. The number of hydrogen-bond donors (Lipinski definition) is 3. The maximum atomic E-state index is 10.6. The summed E-state index contributed by atoms with van der Waals surface area (Å²) in [6.07, 6.45) is 0.609. The number of carboxylic acids is 1. The fraction of sp³-hybridized carbons (Fsp3) is 0.833. The molecule has 0 heterocycles. The molecule has 0 aliphatic carbocycles. The van der Waals surface area contributed by atoms with Gasteiger partial charge in [-0.25, -0.2) is 5.84 Å². The van der Waals surface area contributed by atoms with Crippen LogP contribution in [0.25, 0.3) is 0 Å². The zero-order valence-corrected chi connectivity index (χ0v) is 220. The van der Waals surface area contributed by atoms with Crippen LogP contribution >= 0.6 is 1110 Å². The number of methoxy groups -OCH3 is 2. The van der Waals surface area contributed by atoms with Gasteiger partial charge in [-0.05, 0) is 11.8 Å². The van der Waals surface area contributed by atoms with Crippen molar-refractivity contribution in [1.82, 2.24) is 5.43 Å². The molecule has 89 heteroatoms. The number of hydrazine groups is 1. The van der Waals surface area contributed by atoms with E-state index in [1.165, 1.54) is 0 Å². The minimum atomic E-state index is -0.764. The molecule has 0 aliphatic heterocycles. The van der Waals surface area contributed by atoms with Crippen LogP contribution in [-0.4, -0.2) is 44.4 Å². The van der Waals surface area contributed by atoms with Gasteiger partial charge in [-0.3, -0.25) is 15.0 Å². The fourth-order valence-corrected chi connectivity index (χ4v) is 14700. The predicted molar refractivity (Wildman–Crippen MR) is 1220 cm³/mol. The van der Waals surface area contributed by atoms with Gasteiger partial charge in [-0.1, -0.05) is 13.8 Å². The Morgan fingerprint density at radius 2 is 0.366 bits per heavy atom. The first-order chi connectivity index (χ1) is 46.0. The van der Waals surface area contributed by atoms with Crippen LogP contribution in [0, 0.1) is 11.8 Å². The second kappa shape index (κ2) is 104. The van der Waals surface area contributed by atoms with Crippen molar-refractivity contribution >= 4 is 1120 Å². The summed E-state index contributed by atoms with van der Waals surface area (Å²) in [5, 5.41) is 8.25. The summed E-state index contributed by atoms with van der Waals surface area (Å²) in [5.74, 6) is 4.31. The molecule has 0 bridgehead atoms. The van der Waals surface area contributed by atoms with E-state index in [4.69, 9.17) is 20.4 Å². The van der Waals surface area contributed by atoms with E-state index in [-0.39, 0.29) is 24.2 Å². The molecule has 0 saturated carbocycles. The van der Waals surface area contributed by atoms with Gasteiger partial charge in [-0.15, -0.1) is 0 Å². The number of ether oxygens (including phenoxy) is 2. The first-order valence-electron chi connectivity index (χ1n) is 17.5. The number of halogens is 82. The quantitative estimate of drug-likeness (QED) is 0.0242. The van der Waals surface area contributed by atoms with E-state index in [9.17, 15) is 9.59 Å². The van der Waals surface area contributed by atoms with E-state index in [0.717, 1.165) is 0 Å². The molecule has 101 heavy (non-hydrogen) atoms. The first kappa shape index (κ1) is 166. The van der Waals surface area contributed by atoms with Crippen molar-refractivity contribution in [2.45, 2.75) is 26.7 Å². The molecule has 0 radical (unpaired) electrons. The standard InChI is InChI=1S/C6H14N2O2.C6H12O3.I42.I40/c1-5(4-10-2)3-6(9)8-7;1-5(4-9-2)3-6(7)8;1-23(2)25(5)27(7)29(9)31(11)33(13)35(15)37(17)39(19)41(21)42(22)40(20)38(18)36(16)34(14)32(12)30(10)28(8)26(6)24(3)4;1-22(2)24(5)26(7)28(9)30(11)32(13)34(15)36(17)38(19)40(21)39(20)37(18)35(16)33(14)31(12)29(10)27(8)25(6)23(3)4/h5H,3-4,7H2,1-2H3,(H,8,9);5H,3-4H2,1-2H3,(H,7,8);;. The van der Waals surface area contributed by atoms with Gasteiger partial charge >= 0.3 is 1110 Å². The second-order valence-electron chi connectivity index (χ2n) is 10.8. The molecule has 2 unspecified atom stereocenters. The van der Waals surface area contributed by atoms with Gasteiger partial charge in [0.1, 0.15) is 0 Å². The van der Waals surface area contributed by atoms with Crippen LogP contribution in [0.2, 0.25) is 0 Å². The van der Waals surface area contributed by atoms with Crippen LogP contribution in [0.5, 0.6) is 0 Å². The molecule has 0 spiro atoms. The van der Waals surface area contributed by atoms with Crippen molar-refractivity contribution < 1.29 is 24.2 Å². The molecule has 0 aromatic carbocycles. The Balaban J connectivity index is -0.000000737. The Labute approximate surface area is 1150 Å². The van der Waals surface area contributed by atoms with E-state index in [1.807, 2.05) is 13.8 Å². The molecule has 1 amide bonds. The molecule has 0 aromatic heterocycles. The molecular weight excluding hydrogens is 10700 g/mol. The molecular formula is C12H26I82N2O5. The average Bonchev–Trinajstić information content (AvgIpc) is 0.832. The van der Waals surface area contributed by atoms with Gasteiger partial charge in [0.05, 0.1) is 6.42 Å². The second-order valence-corrected chi connectivity index (χ2v) is 1910. The molecule has 7 nitrogen and oxygen atoms in total. The zero-order valence-electron chi connectivity index (χ0n) is 43.1. The Morgan fingerprint density at radius 3 is 0.455 bits per heavy atom. The van der Waals surface area contributed by atoms with Crippen LogP contribution in [0.15, 0.2) is 0 Å². The van der Waals surface area contributed by atoms with Crippen LogP contribution in [0.4, 0.5) is 0 Å². The number of nitrogens with one attached hydrogen (secondary N) is 1. The number of aliphatic carboxylic acids is 1. The predicted octanol–water partition coefficient (Wildman–Crippen LogP) is 73.0. The third-order valence-corrected chi connectivity index (χ3v) is 6120. The number of amides is 1. The van der Waals surface area contributed by atoms with Gasteiger partial charge in [0, 0.05) is 33.9 Å². The van der Waals surface area contributed by atoms with Gasteiger partial charge < -0.3 is 14.6 Å². The van der Waals surface area contributed by atoms with Gasteiger partial charge in [0.25, 0.3) is 0 Å². The van der Waals surface area contributed by atoms with Crippen molar-refractivity contribution in [3.05, 3.63) is 0 Å². The van der Waals surface area contributed by atoms with Crippen LogP contribution in [-0.2, 0) is 19.1 Å². The Kier molecular flexibility index (Phi) is 171. The normalized spacial score (nSPS) is 17.6. The fourth-order valence-electron chi connectivity index (χ4n) is 2.44. The molecule has 2 atom stereocenters. The third kappa shape index (κ3) is 78.6. The van der Waals surface area contributed by atoms with E-state index < -0.39 is 314 Å². The topological polar surface area (TPSA) is 111 Å². The monoisotopic (exact) mass is 10700 g/mol. The van der Waals surface area contributed by atoms with E-state index in [1.54, 1.807) is 14.2 Å². The molecule has 688 valence electrons. The van der Waals surface area contributed by atoms with Gasteiger partial charge in [0.15, 0.2) is 0 Å². The summed E-state index contributed by atoms with van der Waals surface area (Å²) in [6, 6.07) is 0. The number of nitrogens with two attached hydrogens (primary N) is 1. The van der Waals surface area contributed by atoms with Crippen molar-refractivity contribution in [2.24, 2.45) is 17.7 Å². The van der Waals surface area contributed by atoms with E-state index in [0.29, 0.717) is 19.6 Å². The molecule has 0 saturated heterocycles. The molecule has 0 fully saturated rings. The third-order valence-electron chi connectivity index (χ3n) is 5.14. The Morgan fingerprint density at radius 1 is 0.257 bits per heavy atom. The van der Waals surface area contributed by atoms with Crippen LogP contribution in [0.1, 0.15) is 26.7 Å². The molecule has 0 aliphatic rings. The van der Waals surface area contributed by atoms with E-state index in [2.05, 4.69) is 806 Å². The Bertz CT molecular complexity index is 1990. The summed E-state index contributed by atoms with van der Waals surface area (Å²) in [4.78, 5) is 20.6. The Hall–Kier alpha value is 58.7. The van der Waals surface area contributed by atoms with E-state index >= 15 is 0 Å². The molecule has 4 N–H and O–H groups in total. The van der Waals surface area contributed by atoms with Crippen LogP contribution in [0.3, 0.4) is 0 Å². The summed E-state index contributed by atoms with van der Waals surface area (Å²) < 4.78 is 9.57. The average molecular weight is 10700 g/mol. The van der Waals surface area contributed by atoms with Crippen molar-refractivity contribution in [3.8, 4) is 0 Å². The van der Waals surface area contributed by atoms with Crippen molar-refractivity contribution in [1.29, 1.82) is 0 Å². The number of hydrogen-bond acceptors (Lipinski definition) is 5. The number of carboxylic acid groups (broad SMARTS) is 1. The van der Waals surface area contributed by atoms with Crippen LogP contribution < -0.4 is 11.3 Å². The summed E-state index contributed by atoms with van der Waals surface area (Å²) >= 11 is 139. The summed E-state index contributed by atoms with van der Waals surface area (Å²) in [6.45, 7) is 4.88. The number of rotatable bonds is 45. The minimum absolute atomic E-state index is 0.118. The maximum absolute atomic E-state index is 10.6. The van der Waals surface area contributed by atoms with Crippen molar-refractivity contribution in [2.75, 3.05) is 27.4 Å².